The maximum absolute atomic E-state index is 11.1. The second-order valence-corrected chi connectivity index (χ2v) is 5.99. The highest BCUT2D eigenvalue weighted by molar-refractivity contribution is 5.70. The standard InChI is InChI=1S/C13H26N2O2/c1-13(2)7-6-11(12(16)17)10-15(13)9-5-8-14(3)4/h11H,5-10H2,1-4H3,(H,16,17). The molecule has 0 bridgehead atoms. The summed E-state index contributed by atoms with van der Waals surface area (Å²) in [6, 6.07) is 0. The van der Waals surface area contributed by atoms with Crippen LogP contribution in [0.2, 0.25) is 0 Å². The second kappa shape index (κ2) is 5.83. The summed E-state index contributed by atoms with van der Waals surface area (Å²) in [5.41, 5.74) is 0.151. The predicted octanol–water partition coefficient (Wildman–Crippen LogP) is 1.51. The summed E-state index contributed by atoms with van der Waals surface area (Å²) in [4.78, 5) is 15.6. The molecule has 0 aromatic carbocycles. The number of hydrogen-bond acceptors (Lipinski definition) is 3. The smallest absolute Gasteiger partial charge is 0.307 e. The highest BCUT2D eigenvalue weighted by Gasteiger charge is 2.36. The molecule has 0 aromatic rings. The molecule has 0 radical (unpaired) electrons. The largest absolute Gasteiger partial charge is 0.481 e. The Morgan fingerprint density at radius 1 is 1.47 bits per heavy atom. The maximum atomic E-state index is 11.1. The van der Waals surface area contributed by atoms with Crippen molar-refractivity contribution >= 4 is 5.97 Å². The van der Waals surface area contributed by atoms with Crippen molar-refractivity contribution in [2.45, 2.75) is 38.6 Å². The summed E-state index contributed by atoms with van der Waals surface area (Å²) in [5.74, 6) is -0.819. The summed E-state index contributed by atoms with van der Waals surface area (Å²) in [6.07, 6.45) is 2.89. The van der Waals surface area contributed by atoms with E-state index < -0.39 is 5.97 Å². The Labute approximate surface area is 105 Å². The average Bonchev–Trinajstić information content (AvgIpc) is 2.19. The van der Waals surface area contributed by atoms with Gasteiger partial charge in [-0.05, 0) is 60.3 Å². The number of nitrogens with zero attached hydrogens (tertiary/aromatic N) is 2. The van der Waals surface area contributed by atoms with E-state index in [-0.39, 0.29) is 11.5 Å². The average molecular weight is 242 g/mol. The summed E-state index contributed by atoms with van der Waals surface area (Å²) in [7, 11) is 4.14. The summed E-state index contributed by atoms with van der Waals surface area (Å²) >= 11 is 0. The van der Waals surface area contributed by atoms with E-state index in [1.165, 1.54) is 0 Å². The van der Waals surface area contributed by atoms with E-state index >= 15 is 0 Å². The molecule has 0 spiro atoms. The third kappa shape index (κ3) is 4.28. The van der Waals surface area contributed by atoms with E-state index in [0.29, 0.717) is 6.54 Å². The number of carbonyl (C=O) groups is 1. The monoisotopic (exact) mass is 242 g/mol. The van der Waals surface area contributed by atoms with Crippen molar-refractivity contribution < 1.29 is 9.90 Å². The fraction of sp³-hybridized carbons (Fsp3) is 0.923. The number of likely N-dealkylation sites (tertiary alicyclic amines) is 1. The van der Waals surface area contributed by atoms with Gasteiger partial charge >= 0.3 is 5.97 Å². The molecule has 1 heterocycles. The quantitative estimate of drug-likeness (QED) is 0.794. The molecular weight excluding hydrogens is 216 g/mol. The van der Waals surface area contributed by atoms with Crippen molar-refractivity contribution in [3.05, 3.63) is 0 Å². The lowest BCUT2D eigenvalue weighted by molar-refractivity contribution is -0.145. The van der Waals surface area contributed by atoms with E-state index in [0.717, 1.165) is 32.4 Å². The molecule has 1 saturated heterocycles. The second-order valence-electron chi connectivity index (χ2n) is 5.99. The summed E-state index contributed by atoms with van der Waals surface area (Å²) in [6.45, 7) is 7.20. The number of carboxylic acid groups (broad SMARTS) is 1. The Hall–Kier alpha value is -0.610. The number of carboxylic acids is 1. The Balaban J connectivity index is 2.49. The first-order chi connectivity index (χ1) is 7.83. The molecular formula is C13H26N2O2. The molecule has 1 N–H and O–H groups in total. The Morgan fingerprint density at radius 3 is 2.65 bits per heavy atom. The van der Waals surface area contributed by atoms with Gasteiger partial charge in [0.15, 0.2) is 0 Å². The molecule has 1 aliphatic rings. The van der Waals surface area contributed by atoms with Crippen molar-refractivity contribution in [1.29, 1.82) is 0 Å². The highest BCUT2D eigenvalue weighted by Crippen LogP contribution is 2.30. The normalized spacial score (nSPS) is 25.1. The van der Waals surface area contributed by atoms with E-state index in [9.17, 15) is 4.79 Å². The topological polar surface area (TPSA) is 43.8 Å². The molecule has 0 aliphatic carbocycles. The van der Waals surface area contributed by atoms with Crippen molar-refractivity contribution in [1.82, 2.24) is 9.80 Å². The van der Waals surface area contributed by atoms with E-state index in [1.54, 1.807) is 0 Å². The van der Waals surface area contributed by atoms with Gasteiger partial charge in [0.25, 0.3) is 0 Å². The van der Waals surface area contributed by atoms with Gasteiger partial charge in [-0.3, -0.25) is 9.69 Å². The number of aliphatic carboxylic acids is 1. The van der Waals surface area contributed by atoms with Gasteiger partial charge in [-0.1, -0.05) is 0 Å². The Morgan fingerprint density at radius 2 is 2.12 bits per heavy atom. The van der Waals surface area contributed by atoms with Gasteiger partial charge in [-0.15, -0.1) is 0 Å². The lowest BCUT2D eigenvalue weighted by Gasteiger charge is -2.44. The molecule has 1 fully saturated rings. The number of piperidine rings is 1. The van der Waals surface area contributed by atoms with E-state index in [1.807, 2.05) is 0 Å². The molecule has 1 unspecified atom stereocenters. The van der Waals surface area contributed by atoms with Crippen LogP contribution in [0.15, 0.2) is 0 Å². The third-order valence-corrected chi connectivity index (χ3v) is 3.78. The van der Waals surface area contributed by atoms with Gasteiger partial charge in [0.1, 0.15) is 0 Å². The van der Waals surface area contributed by atoms with Gasteiger partial charge in [-0.2, -0.15) is 0 Å². The molecule has 1 rings (SSSR count). The number of hydrogen-bond donors (Lipinski definition) is 1. The Bertz CT molecular complexity index is 264. The molecule has 0 saturated carbocycles. The van der Waals surface area contributed by atoms with Crippen LogP contribution < -0.4 is 0 Å². The molecule has 17 heavy (non-hydrogen) atoms. The predicted molar refractivity (Wildman–Crippen MR) is 69.2 cm³/mol. The van der Waals surface area contributed by atoms with E-state index in [4.69, 9.17) is 5.11 Å². The van der Waals surface area contributed by atoms with Crippen LogP contribution in [0.4, 0.5) is 0 Å². The molecule has 0 aromatic heterocycles. The molecule has 4 nitrogen and oxygen atoms in total. The van der Waals surface area contributed by atoms with Gasteiger partial charge in [0.05, 0.1) is 5.92 Å². The lowest BCUT2D eigenvalue weighted by Crippen LogP contribution is -2.52. The van der Waals surface area contributed by atoms with Gasteiger partial charge in [0, 0.05) is 12.1 Å². The molecule has 4 heteroatoms. The molecule has 1 aliphatic heterocycles. The number of rotatable bonds is 5. The lowest BCUT2D eigenvalue weighted by atomic mass is 9.84. The van der Waals surface area contributed by atoms with Crippen LogP contribution in [0.25, 0.3) is 0 Å². The summed E-state index contributed by atoms with van der Waals surface area (Å²) < 4.78 is 0. The zero-order chi connectivity index (χ0) is 13.1. The SMILES string of the molecule is CN(C)CCCN1CC(C(=O)O)CCC1(C)C. The minimum absolute atomic E-state index is 0.151. The van der Waals surface area contributed by atoms with Gasteiger partial charge in [0.2, 0.25) is 0 Å². The van der Waals surface area contributed by atoms with Crippen LogP contribution in [-0.4, -0.2) is 60.1 Å². The van der Waals surface area contributed by atoms with Crippen LogP contribution in [0, 0.1) is 5.92 Å². The zero-order valence-corrected chi connectivity index (χ0v) is 11.6. The van der Waals surface area contributed by atoms with Crippen LogP contribution in [0.3, 0.4) is 0 Å². The maximum Gasteiger partial charge on any atom is 0.307 e. The highest BCUT2D eigenvalue weighted by atomic mass is 16.4. The molecule has 0 amide bonds. The van der Waals surface area contributed by atoms with Crippen molar-refractivity contribution in [3.8, 4) is 0 Å². The van der Waals surface area contributed by atoms with E-state index in [2.05, 4.69) is 37.7 Å². The van der Waals surface area contributed by atoms with Gasteiger partial charge in [-0.25, -0.2) is 0 Å². The van der Waals surface area contributed by atoms with Crippen molar-refractivity contribution in [3.63, 3.8) is 0 Å². The zero-order valence-electron chi connectivity index (χ0n) is 11.6. The summed E-state index contributed by atoms with van der Waals surface area (Å²) in [5, 5.41) is 9.10. The van der Waals surface area contributed by atoms with Crippen molar-refractivity contribution in [2.24, 2.45) is 5.92 Å². The first kappa shape index (κ1) is 14.5. The fourth-order valence-corrected chi connectivity index (χ4v) is 2.46. The molecule has 100 valence electrons. The Kier molecular flexibility index (Phi) is 4.95. The minimum Gasteiger partial charge on any atom is -0.481 e. The van der Waals surface area contributed by atoms with Crippen LogP contribution in [0.5, 0.6) is 0 Å². The van der Waals surface area contributed by atoms with Gasteiger partial charge < -0.3 is 10.0 Å². The molecule has 1 atom stereocenters. The first-order valence-corrected chi connectivity index (χ1v) is 6.45. The minimum atomic E-state index is -0.641. The van der Waals surface area contributed by atoms with Crippen molar-refractivity contribution in [2.75, 3.05) is 33.7 Å². The van der Waals surface area contributed by atoms with Crippen LogP contribution >= 0.6 is 0 Å². The fourth-order valence-electron chi connectivity index (χ4n) is 2.46. The third-order valence-electron chi connectivity index (χ3n) is 3.78. The first-order valence-electron chi connectivity index (χ1n) is 6.45. The van der Waals surface area contributed by atoms with Crippen LogP contribution in [0.1, 0.15) is 33.1 Å². The van der Waals surface area contributed by atoms with Crippen LogP contribution in [-0.2, 0) is 4.79 Å².